The highest BCUT2D eigenvalue weighted by Crippen LogP contribution is 2.42. The first-order valence-electron chi connectivity index (χ1n) is 8.04. The highest BCUT2D eigenvalue weighted by Gasteiger charge is 2.48. The lowest BCUT2D eigenvalue weighted by Gasteiger charge is -2.47. The Labute approximate surface area is 141 Å². The quantitative estimate of drug-likeness (QED) is 0.864. The predicted molar refractivity (Wildman–Crippen MR) is 89.3 cm³/mol. The molecular weight excluding hydrogens is 310 g/mol. The molecule has 0 N–H and O–H groups in total. The molecule has 0 unspecified atom stereocenters. The Bertz CT molecular complexity index is 673. The molecule has 2 fully saturated rings. The van der Waals surface area contributed by atoms with Crippen LogP contribution in [0.2, 0.25) is 5.02 Å². The van der Waals surface area contributed by atoms with Crippen LogP contribution in [0.25, 0.3) is 0 Å². The maximum Gasteiger partial charge on any atom is 0.115 e. The zero-order valence-electron chi connectivity index (χ0n) is 13.0. The summed E-state index contributed by atoms with van der Waals surface area (Å²) in [5, 5.41) is 0.859. The number of hydrogen-bond donors (Lipinski definition) is 0. The van der Waals surface area contributed by atoms with Crippen molar-refractivity contribution in [1.29, 1.82) is 0 Å². The van der Waals surface area contributed by atoms with Crippen molar-refractivity contribution in [3.8, 4) is 0 Å². The number of benzene rings is 1. The second-order valence-corrected chi connectivity index (χ2v) is 7.23. The first-order chi connectivity index (χ1) is 11.2. The molecule has 120 valence electrons. The van der Waals surface area contributed by atoms with E-state index >= 15 is 0 Å². The van der Waals surface area contributed by atoms with E-state index in [1.165, 1.54) is 5.56 Å². The monoisotopic (exact) mass is 329 g/mol. The minimum absolute atomic E-state index is 0.295. The fourth-order valence-electron chi connectivity index (χ4n) is 3.83. The summed E-state index contributed by atoms with van der Waals surface area (Å²) in [5.74, 6) is 0. The molecule has 3 heterocycles. The van der Waals surface area contributed by atoms with E-state index in [4.69, 9.17) is 16.3 Å². The molecule has 2 aromatic rings. The summed E-state index contributed by atoms with van der Waals surface area (Å²) in [6.07, 6.45) is 7.66. The summed E-state index contributed by atoms with van der Waals surface area (Å²) < 4.78 is 6.03. The minimum Gasteiger partial charge on any atom is -0.377 e. The zero-order chi connectivity index (χ0) is 15.7. The van der Waals surface area contributed by atoms with Crippen LogP contribution in [0, 0.1) is 5.41 Å². The van der Waals surface area contributed by atoms with Crippen molar-refractivity contribution in [2.24, 2.45) is 5.41 Å². The molecule has 4 nitrogen and oxygen atoms in total. The smallest absolute Gasteiger partial charge is 0.115 e. The number of nitrogens with zero attached hydrogens (tertiary/aromatic N) is 3. The lowest BCUT2D eigenvalue weighted by atomic mass is 9.77. The average molecular weight is 330 g/mol. The molecule has 5 heteroatoms. The normalized spacial score (nSPS) is 23.1. The number of likely N-dealkylation sites (tertiary alicyclic amines) is 1. The number of hydrogen-bond acceptors (Lipinski definition) is 4. The molecular formula is C18H20ClN3O. The van der Waals surface area contributed by atoms with Crippen LogP contribution in [-0.2, 0) is 17.7 Å². The Balaban J connectivity index is 1.30. The van der Waals surface area contributed by atoms with E-state index in [0.29, 0.717) is 11.5 Å². The van der Waals surface area contributed by atoms with Crippen LogP contribution < -0.4 is 0 Å². The topological polar surface area (TPSA) is 38.2 Å². The van der Waals surface area contributed by atoms with Crippen LogP contribution in [-0.4, -0.2) is 40.7 Å². The van der Waals surface area contributed by atoms with Crippen molar-refractivity contribution >= 4 is 11.6 Å². The SMILES string of the molecule is Clc1ccccc1CN1CC2(CO[C@@H](Cc3cncnc3)C2)C1. The third-order valence-electron chi connectivity index (χ3n) is 4.83. The molecule has 2 aliphatic heterocycles. The molecule has 1 spiro atoms. The predicted octanol–water partition coefficient (Wildman–Crippen LogP) is 2.96. The number of ether oxygens (including phenoxy) is 1. The third-order valence-corrected chi connectivity index (χ3v) is 5.20. The molecule has 1 atom stereocenters. The van der Waals surface area contributed by atoms with Gasteiger partial charge in [-0.15, -0.1) is 0 Å². The van der Waals surface area contributed by atoms with Crippen LogP contribution >= 0.6 is 11.6 Å². The van der Waals surface area contributed by atoms with E-state index in [0.717, 1.165) is 49.7 Å². The lowest BCUT2D eigenvalue weighted by molar-refractivity contribution is -0.0140. The van der Waals surface area contributed by atoms with Gasteiger partial charge < -0.3 is 4.74 Å². The third kappa shape index (κ3) is 3.25. The van der Waals surface area contributed by atoms with Gasteiger partial charge in [-0.25, -0.2) is 9.97 Å². The summed E-state index contributed by atoms with van der Waals surface area (Å²) in [6, 6.07) is 8.10. The molecule has 1 aromatic carbocycles. The van der Waals surface area contributed by atoms with Crippen LogP contribution in [0.4, 0.5) is 0 Å². The average Bonchev–Trinajstić information content (AvgIpc) is 2.94. The molecule has 0 amide bonds. The van der Waals surface area contributed by atoms with Gasteiger partial charge in [-0.1, -0.05) is 29.8 Å². The van der Waals surface area contributed by atoms with E-state index in [2.05, 4.69) is 20.9 Å². The molecule has 0 bridgehead atoms. The van der Waals surface area contributed by atoms with Gasteiger partial charge >= 0.3 is 0 Å². The van der Waals surface area contributed by atoms with Gasteiger partial charge in [0.2, 0.25) is 0 Å². The Kier molecular flexibility index (Phi) is 4.05. The maximum absolute atomic E-state index is 6.25. The first-order valence-corrected chi connectivity index (χ1v) is 8.42. The van der Waals surface area contributed by atoms with Crippen molar-refractivity contribution in [3.05, 3.63) is 59.1 Å². The molecule has 2 saturated heterocycles. The minimum atomic E-state index is 0.295. The van der Waals surface area contributed by atoms with E-state index in [1.807, 2.05) is 30.6 Å². The molecule has 2 aliphatic rings. The summed E-state index contributed by atoms with van der Waals surface area (Å²) in [6.45, 7) is 3.99. The highest BCUT2D eigenvalue weighted by atomic mass is 35.5. The van der Waals surface area contributed by atoms with Gasteiger partial charge in [0.05, 0.1) is 12.7 Å². The van der Waals surface area contributed by atoms with Crippen molar-refractivity contribution in [2.75, 3.05) is 19.7 Å². The van der Waals surface area contributed by atoms with Gasteiger partial charge in [0.25, 0.3) is 0 Å². The van der Waals surface area contributed by atoms with Gasteiger partial charge in [-0.05, 0) is 23.6 Å². The number of rotatable bonds is 4. The standard InChI is InChI=1S/C18H20ClN3O/c19-17-4-2-1-3-15(17)9-22-10-18(11-22)6-16(23-12-18)5-14-7-20-13-21-8-14/h1-4,7-8,13,16H,5-6,9-12H2/t16-/m0/s1. The van der Waals surface area contributed by atoms with Gasteiger partial charge in [-0.3, -0.25) is 4.90 Å². The summed E-state index contributed by atoms with van der Waals surface area (Å²) in [5.41, 5.74) is 2.70. The maximum atomic E-state index is 6.25. The van der Waals surface area contributed by atoms with Crippen LogP contribution in [0.3, 0.4) is 0 Å². The zero-order valence-corrected chi connectivity index (χ0v) is 13.7. The van der Waals surface area contributed by atoms with Crippen LogP contribution in [0.15, 0.2) is 43.0 Å². The fraction of sp³-hybridized carbons (Fsp3) is 0.444. The molecule has 0 aliphatic carbocycles. The van der Waals surface area contributed by atoms with Crippen LogP contribution in [0.5, 0.6) is 0 Å². The van der Waals surface area contributed by atoms with Crippen molar-refractivity contribution in [3.63, 3.8) is 0 Å². The fourth-order valence-corrected chi connectivity index (χ4v) is 4.02. The van der Waals surface area contributed by atoms with Gasteiger partial charge in [0.15, 0.2) is 0 Å². The Hall–Kier alpha value is -1.49. The van der Waals surface area contributed by atoms with E-state index in [-0.39, 0.29) is 0 Å². The summed E-state index contributed by atoms with van der Waals surface area (Å²) >= 11 is 6.25. The lowest BCUT2D eigenvalue weighted by Crippen LogP contribution is -2.56. The van der Waals surface area contributed by atoms with Gasteiger partial charge in [0, 0.05) is 48.9 Å². The largest absolute Gasteiger partial charge is 0.377 e. The Morgan fingerprint density at radius 1 is 1.22 bits per heavy atom. The first kappa shape index (κ1) is 15.1. The second kappa shape index (κ2) is 6.19. The Morgan fingerprint density at radius 3 is 2.78 bits per heavy atom. The van der Waals surface area contributed by atoms with E-state index in [1.54, 1.807) is 6.33 Å². The number of halogens is 1. The molecule has 1 aromatic heterocycles. The molecule has 4 rings (SSSR count). The van der Waals surface area contributed by atoms with Crippen LogP contribution in [0.1, 0.15) is 17.5 Å². The Morgan fingerprint density at radius 2 is 2.00 bits per heavy atom. The molecule has 0 radical (unpaired) electrons. The second-order valence-electron chi connectivity index (χ2n) is 6.82. The summed E-state index contributed by atoms with van der Waals surface area (Å²) in [4.78, 5) is 10.6. The molecule has 23 heavy (non-hydrogen) atoms. The van der Waals surface area contributed by atoms with Gasteiger partial charge in [0.1, 0.15) is 6.33 Å². The molecule has 0 saturated carbocycles. The highest BCUT2D eigenvalue weighted by molar-refractivity contribution is 6.31. The van der Waals surface area contributed by atoms with Crippen molar-refractivity contribution in [1.82, 2.24) is 14.9 Å². The summed E-state index contributed by atoms with van der Waals surface area (Å²) in [7, 11) is 0. The van der Waals surface area contributed by atoms with Gasteiger partial charge in [-0.2, -0.15) is 0 Å². The number of aromatic nitrogens is 2. The van der Waals surface area contributed by atoms with Crippen molar-refractivity contribution in [2.45, 2.75) is 25.5 Å². The van der Waals surface area contributed by atoms with Crippen molar-refractivity contribution < 1.29 is 4.74 Å². The van der Waals surface area contributed by atoms with E-state index in [9.17, 15) is 0 Å². The van der Waals surface area contributed by atoms with E-state index < -0.39 is 0 Å².